The lowest BCUT2D eigenvalue weighted by atomic mass is 9.96. The van der Waals surface area contributed by atoms with Crippen LogP contribution in [-0.4, -0.2) is 40.5 Å². The van der Waals surface area contributed by atoms with Crippen molar-refractivity contribution in [2.75, 3.05) is 19.8 Å². The van der Waals surface area contributed by atoms with Crippen molar-refractivity contribution in [1.29, 1.82) is 0 Å². The first-order valence-corrected chi connectivity index (χ1v) is 9.02. The first kappa shape index (κ1) is 15.8. The second kappa shape index (κ2) is 8.80. The van der Waals surface area contributed by atoms with Gasteiger partial charge in [-0.15, -0.1) is 0 Å². The summed E-state index contributed by atoms with van der Waals surface area (Å²) >= 11 is 0. The molecule has 0 aromatic rings. The molecule has 0 aliphatic heterocycles. The third kappa shape index (κ3) is 5.18. The summed E-state index contributed by atoms with van der Waals surface area (Å²) < 4.78 is 17.2. The van der Waals surface area contributed by atoms with Crippen LogP contribution in [0.4, 0.5) is 0 Å². The molecule has 0 heterocycles. The molecule has 0 bridgehead atoms. The molecule has 0 radical (unpaired) electrons. The maximum atomic E-state index is 5.75. The van der Waals surface area contributed by atoms with Gasteiger partial charge in [-0.1, -0.05) is 19.3 Å². The molecule has 0 aromatic carbocycles. The van der Waals surface area contributed by atoms with E-state index in [1.54, 1.807) is 0 Å². The van der Waals surface area contributed by atoms with Gasteiger partial charge in [0.15, 0.2) is 0 Å². The highest BCUT2D eigenvalue weighted by Crippen LogP contribution is 2.20. The fraction of sp³-hybridized carbons (Fsp3) is 0.923. The third-order valence-corrected chi connectivity index (χ3v) is 5.59. The average molecular weight is 273 g/mol. The van der Waals surface area contributed by atoms with Crippen molar-refractivity contribution in [3.63, 3.8) is 0 Å². The maximum Gasteiger partial charge on any atom is 0.548 e. The van der Waals surface area contributed by atoms with Crippen LogP contribution in [0.1, 0.15) is 52.9 Å². The Hall–Kier alpha value is -0.233. The number of hydrogen-bond acceptors (Lipinski definition) is 4. The topological polar surface area (TPSA) is 40.0 Å². The lowest BCUT2D eigenvalue weighted by Crippen LogP contribution is -2.48. The van der Waals surface area contributed by atoms with Gasteiger partial charge in [-0.25, -0.2) is 0 Å². The molecule has 0 unspecified atom stereocenters. The Balaban J connectivity index is 2.64. The highest BCUT2D eigenvalue weighted by Gasteiger charge is 2.39. The minimum Gasteiger partial charge on any atom is -0.370 e. The molecule has 106 valence electrons. The quantitative estimate of drug-likeness (QED) is 0.504. The minimum absolute atomic E-state index is 0.437. The number of aliphatic imine (C=N–C) groups is 1. The van der Waals surface area contributed by atoms with Crippen LogP contribution < -0.4 is 0 Å². The van der Waals surface area contributed by atoms with Crippen LogP contribution in [-0.2, 0) is 13.3 Å². The molecule has 1 aliphatic carbocycles. The summed E-state index contributed by atoms with van der Waals surface area (Å²) in [6, 6.07) is 0.437. The molecule has 0 atom stereocenters. The molecule has 4 nitrogen and oxygen atoms in total. The predicted molar refractivity (Wildman–Crippen MR) is 76.0 cm³/mol. The third-order valence-electron chi connectivity index (χ3n) is 3.05. The summed E-state index contributed by atoms with van der Waals surface area (Å²) in [5.74, 6) is 1.86. The molecule has 5 heteroatoms. The van der Waals surface area contributed by atoms with Gasteiger partial charge < -0.3 is 13.3 Å². The molecule has 0 aromatic heterocycles. The molecule has 1 aliphatic rings. The standard InChI is InChI=1S/C13H27NO3Si/c1-4-15-18(16-5-2,17-6-3)12-14-13-10-8-7-9-11-13/h12-13H,4-11H2,1-3H3. The van der Waals surface area contributed by atoms with Gasteiger partial charge in [-0.2, -0.15) is 0 Å². The summed E-state index contributed by atoms with van der Waals surface area (Å²) in [5, 5.41) is 0. The van der Waals surface area contributed by atoms with Crippen molar-refractivity contribution < 1.29 is 13.3 Å². The second-order valence-corrected chi connectivity index (χ2v) is 6.80. The maximum absolute atomic E-state index is 5.75. The smallest absolute Gasteiger partial charge is 0.370 e. The molecule has 1 saturated carbocycles. The Morgan fingerprint density at radius 1 is 0.944 bits per heavy atom. The van der Waals surface area contributed by atoms with Gasteiger partial charge >= 0.3 is 8.80 Å². The van der Waals surface area contributed by atoms with Gasteiger partial charge in [-0.05, 0) is 33.6 Å². The fourth-order valence-electron chi connectivity index (χ4n) is 2.27. The van der Waals surface area contributed by atoms with Crippen LogP contribution in [0.2, 0.25) is 0 Å². The van der Waals surface area contributed by atoms with E-state index in [9.17, 15) is 0 Å². The average Bonchev–Trinajstić information content (AvgIpc) is 2.39. The first-order valence-electron chi connectivity index (χ1n) is 7.22. The van der Waals surface area contributed by atoms with Crippen molar-refractivity contribution in [2.45, 2.75) is 58.9 Å². The summed E-state index contributed by atoms with van der Waals surface area (Å²) in [5.41, 5.74) is 0. The Morgan fingerprint density at radius 2 is 1.44 bits per heavy atom. The first-order chi connectivity index (χ1) is 8.76. The van der Waals surface area contributed by atoms with E-state index in [0.29, 0.717) is 25.9 Å². The molecule has 18 heavy (non-hydrogen) atoms. The number of hydrogen-bond donors (Lipinski definition) is 0. The Morgan fingerprint density at radius 3 is 1.89 bits per heavy atom. The molecule has 0 saturated heterocycles. The second-order valence-electron chi connectivity index (χ2n) is 4.47. The minimum atomic E-state index is -2.67. The van der Waals surface area contributed by atoms with Crippen molar-refractivity contribution >= 4 is 14.6 Å². The molecular weight excluding hydrogens is 246 g/mol. The normalized spacial score (nSPS) is 18.6. The largest absolute Gasteiger partial charge is 0.548 e. The van der Waals surface area contributed by atoms with Crippen molar-refractivity contribution in [2.24, 2.45) is 4.99 Å². The van der Waals surface area contributed by atoms with E-state index in [4.69, 9.17) is 13.3 Å². The van der Waals surface area contributed by atoms with Crippen LogP contribution >= 0.6 is 0 Å². The lowest BCUT2D eigenvalue weighted by molar-refractivity contribution is 0.0911. The van der Waals surface area contributed by atoms with E-state index in [0.717, 1.165) is 0 Å². The van der Waals surface area contributed by atoms with Crippen LogP contribution in [0.15, 0.2) is 4.99 Å². The molecular formula is C13H27NO3Si. The van der Waals surface area contributed by atoms with Crippen LogP contribution in [0.5, 0.6) is 0 Å². The molecule has 1 rings (SSSR count). The summed E-state index contributed by atoms with van der Waals surface area (Å²) in [7, 11) is -2.67. The van der Waals surface area contributed by atoms with Crippen molar-refractivity contribution in [1.82, 2.24) is 0 Å². The van der Waals surface area contributed by atoms with Gasteiger partial charge in [0.2, 0.25) is 0 Å². The van der Waals surface area contributed by atoms with E-state index in [1.807, 2.05) is 26.6 Å². The van der Waals surface area contributed by atoms with E-state index in [-0.39, 0.29) is 0 Å². The highest BCUT2D eigenvalue weighted by molar-refractivity contribution is 6.87. The molecule has 0 spiro atoms. The Bertz CT molecular complexity index is 225. The van der Waals surface area contributed by atoms with Crippen LogP contribution in [0.25, 0.3) is 0 Å². The highest BCUT2D eigenvalue weighted by atomic mass is 28.4. The summed E-state index contributed by atoms with van der Waals surface area (Å²) in [4.78, 5) is 4.67. The van der Waals surface area contributed by atoms with Crippen LogP contribution in [0, 0.1) is 0 Å². The van der Waals surface area contributed by atoms with Gasteiger partial charge in [0.05, 0.1) is 5.84 Å². The number of rotatable bonds is 8. The van der Waals surface area contributed by atoms with Gasteiger partial charge in [0.1, 0.15) is 0 Å². The predicted octanol–water partition coefficient (Wildman–Crippen LogP) is 2.98. The molecule has 0 N–H and O–H groups in total. The van der Waals surface area contributed by atoms with Crippen molar-refractivity contribution in [3.05, 3.63) is 0 Å². The monoisotopic (exact) mass is 273 g/mol. The van der Waals surface area contributed by atoms with Crippen LogP contribution in [0.3, 0.4) is 0 Å². The Kier molecular flexibility index (Phi) is 7.73. The Labute approximate surface area is 112 Å². The SMILES string of the molecule is CCO[Si](C=NC1CCCCC1)(OCC)OCC. The zero-order chi connectivity index (χ0) is 13.3. The van der Waals surface area contributed by atoms with Gasteiger partial charge in [0.25, 0.3) is 0 Å². The summed E-state index contributed by atoms with van der Waals surface area (Å²) in [6.45, 7) is 7.70. The molecule has 0 amide bonds. The van der Waals surface area contributed by atoms with E-state index >= 15 is 0 Å². The van der Waals surface area contributed by atoms with Crippen molar-refractivity contribution in [3.8, 4) is 0 Å². The van der Waals surface area contributed by atoms with E-state index in [2.05, 4.69) is 4.99 Å². The zero-order valence-electron chi connectivity index (χ0n) is 12.0. The zero-order valence-corrected chi connectivity index (χ0v) is 13.0. The lowest BCUT2D eigenvalue weighted by Gasteiger charge is -2.25. The van der Waals surface area contributed by atoms with Gasteiger partial charge in [-0.3, -0.25) is 4.99 Å². The summed E-state index contributed by atoms with van der Waals surface area (Å²) in [6.07, 6.45) is 6.29. The van der Waals surface area contributed by atoms with Gasteiger partial charge in [0, 0.05) is 25.9 Å². The number of nitrogens with zero attached hydrogens (tertiary/aromatic N) is 1. The van der Waals surface area contributed by atoms with E-state index in [1.165, 1.54) is 32.1 Å². The molecule has 1 fully saturated rings. The fourth-order valence-corrected chi connectivity index (χ4v) is 4.34. The van der Waals surface area contributed by atoms with E-state index < -0.39 is 8.80 Å².